The fraction of sp³-hybridized carbons (Fsp3) is 0.714. The average molecular weight is 690 g/mol. The highest BCUT2D eigenvalue weighted by atomic mass is 32.2. The number of hydrogen-bond acceptors (Lipinski definition) is 7. The second-order valence-corrected chi connectivity index (χ2v) is 18.7. The molecule has 1 saturated heterocycles. The third-order valence-electron chi connectivity index (χ3n) is 10.2. The van der Waals surface area contributed by atoms with Crippen molar-refractivity contribution in [2.24, 2.45) is 28.6 Å². The first kappa shape index (κ1) is 37.6. The van der Waals surface area contributed by atoms with Gasteiger partial charge in [0.15, 0.2) is 15.9 Å². The number of carbonyl (C=O) groups excluding carboxylic acids is 4. The molecule has 1 aliphatic heterocycles. The van der Waals surface area contributed by atoms with E-state index in [0.717, 1.165) is 24.8 Å². The van der Waals surface area contributed by atoms with Gasteiger partial charge in [-0.05, 0) is 74.8 Å². The number of rotatable bonds is 11. The zero-order valence-electron chi connectivity index (χ0n) is 29.8. The highest BCUT2D eigenvalue weighted by Gasteiger charge is 2.70. The minimum atomic E-state index is -3.86. The van der Waals surface area contributed by atoms with E-state index in [4.69, 9.17) is 0 Å². The van der Waals surface area contributed by atoms with Crippen LogP contribution in [-0.2, 0) is 24.2 Å². The molecule has 1 heterocycles. The van der Waals surface area contributed by atoms with Gasteiger partial charge < -0.3 is 31.3 Å². The molecule has 3 fully saturated rings. The van der Waals surface area contributed by atoms with E-state index in [1.807, 2.05) is 48.5 Å². The summed E-state index contributed by atoms with van der Waals surface area (Å²) >= 11 is 0. The maximum Gasteiger partial charge on any atom is 0.315 e. The Bertz CT molecular complexity index is 1490. The molecule has 1 aromatic rings. The SMILES string of the molecule is Cc1ccc(S(=O)(=O)CNC(=O)C(O)C(CC2CCC2)NC(=O)[C@@H]2C3C(CN2C(=O)[C@@H](NC(=O)NC(C)(C)C)C(C)(C)C)C3(C)C)cc1. The van der Waals surface area contributed by atoms with E-state index in [1.54, 1.807) is 17.0 Å². The van der Waals surface area contributed by atoms with E-state index in [9.17, 15) is 32.7 Å². The maximum atomic E-state index is 14.2. The highest BCUT2D eigenvalue weighted by Crippen LogP contribution is 2.65. The summed E-state index contributed by atoms with van der Waals surface area (Å²) in [6.07, 6.45) is 1.42. The van der Waals surface area contributed by atoms with Gasteiger partial charge in [-0.1, -0.05) is 71.6 Å². The molecule has 0 spiro atoms. The van der Waals surface area contributed by atoms with Crippen LogP contribution in [0.1, 0.15) is 86.6 Å². The van der Waals surface area contributed by atoms with E-state index in [2.05, 4.69) is 35.1 Å². The molecule has 4 rings (SSSR count). The van der Waals surface area contributed by atoms with Gasteiger partial charge in [0.1, 0.15) is 18.0 Å². The number of aliphatic hydroxyl groups is 1. The molecule has 48 heavy (non-hydrogen) atoms. The zero-order chi connectivity index (χ0) is 36.0. The Morgan fingerprint density at radius 1 is 1.00 bits per heavy atom. The van der Waals surface area contributed by atoms with Gasteiger partial charge in [-0.15, -0.1) is 0 Å². The quantitative estimate of drug-likeness (QED) is 0.238. The number of urea groups is 1. The molecule has 268 valence electrons. The van der Waals surface area contributed by atoms with Crippen LogP contribution >= 0.6 is 0 Å². The number of nitrogens with zero attached hydrogens (tertiary/aromatic N) is 1. The second kappa shape index (κ2) is 13.6. The van der Waals surface area contributed by atoms with Gasteiger partial charge in [0.25, 0.3) is 5.91 Å². The van der Waals surface area contributed by atoms with Crippen LogP contribution in [0.2, 0.25) is 0 Å². The largest absolute Gasteiger partial charge is 0.381 e. The number of piperidine rings is 1. The maximum absolute atomic E-state index is 14.2. The summed E-state index contributed by atoms with van der Waals surface area (Å²) in [6.45, 7) is 17.4. The highest BCUT2D eigenvalue weighted by molar-refractivity contribution is 7.91. The number of hydrogen-bond donors (Lipinski definition) is 5. The monoisotopic (exact) mass is 689 g/mol. The number of aliphatic hydroxyl groups excluding tert-OH is 1. The van der Waals surface area contributed by atoms with E-state index in [0.29, 0.717) is 13.0 Å². The van der Waals surface area contributed by atoms with Gasteiger partial charge in [0.2, 0.25) is 11.8 Å². The summed E-state index contributed by atoms with van der Waals surface area (Å²) in [7, 11) is -3.86. The number of likely N-dealkylation sites (tertiary alicyclic amines) is 1. The van der Waals surface area contributed by atoms with E-state index < -0.39 is 68.7 Å². The standard InChI is InChI=1S/C35H55N5O7S/c1-20-13-15-22(16-14-20)48(46,47)19-36-30(43)27(41)24(17-21-11-10-12-21)37-29(42)26-25-23(35(25,8)9)18-40(26)31(44)28(33(2,3)4)38-32(45)39-34(5,6)7/h13-16,21,23-28,41H,10-12,17-19H2,1-9H3,(H,36,43)(H,37,42)(H2,38,39,45)/t23?,24?,25?,26-,27?,28+/m0/s1. The van der Waals surface area contributed by atoms with Gasteiger partial charge in [-0.2, -0.15) is 0 Å². The summed E-state index contributed by atoms with van der Waals surface area (Å²) < 4.78 is 25.7. The topological polar surface area (TPSA) is 174 Å². The third kappa shape index (κ3) is 8.50. The number of sulfone groups is 1. The molecule has 13 heteroatoms. The lowest BCUT2D eigenvalue weighted by atomic mass is 9.79. The van der Waals surface area contributed by atoms with E-state index in [-0.39, 0.29) is 34.0 Å². The van der Waals surface area contributed by atoms with Crippen LogP contribution in [0.3, 0.4) is 0 Å². The molecular formula is C35H55N5O7S. The number of benzene rings is 1. The molecule has 0 radical (unpaired) electrons. The van der Waals surface area contributed by atoms with Crippen LogP contribution in [0.4, 0.5) is 4.79 Å². The Morgan fingerprint density at radius 2 is 1.60 bits per heavy atom. The summed E-state index contributed by atoms with van der Waals surface area (Å²) in [4.78, 5) is 56.0. The predicted molar refractivity (Wildman–Crippen MR) is 182 cm³/mol. The summed E-state index contributed by atoms with van der Waals surface area (Å²) in [6, 6.07) is 2.99. The van der Waals surface area contributed by atoms with Crippen LogP contribution in [0.15, 0.2) is 29.2 Å². The van der Waals surface area contributed by atoms with Crippen molar-refractivity contribution in [1.29, 1.82) is 0 Å². The number of aryl methyl sites for hydroxylation is 1. The molecule has 5 amide bonds. The lowest BCUT2D eigenvalue weighted by molar-refractivity contribution is -0.145. The fourth-order valence-electron chi connectivity index (χ4n) is 7.04. The number of nitrogens with one attached hydrogen (secondary N) is 4. The summed E-state index contributed by atoms with van der Waals surface area (Å²) in [5, 5.41) is 22.2. The Labute approximate surface area is 285 Å². The Balaban J connectivity index is 1.52. The Kier molecular flexibility index (Phi) is 10.7. The van der Waals surface area contributed by atoms with Crippen LogP contribution in [-0.4, -0.2) is 84.4 Å². The van der Waals surface area contributed by atoms with Crippen LogP contribution in [0.25, 0.3) is 0 Å². The third-order valence-corrected chi connectivity index (χ3v) is 11.8. The molecule has 3 aliphatic rings. The fourth-order valence-corrected chi connectivity index (χ4v) is 8.09. The summed E-state index contributed by atoms with van der Waals surface area (Å²) in [5.41, 5.74) is -0.500. The number of amides is 5. The number of carbonyl (C=O) groups is 4. The van der Waals surface area contributed by atoms with Gasteiger partial charge in [-0.3, -0.25) is 14.4 Å². The first-order valence-corrected chi connectivity index (χ1v) is 18.6. The van der Waals surface area contributed by atoms with Crippen molar-refractivity contribution in [2.75, 3.05) is 12.4 Å². The smallest absolute Gasteiger partial charge is 0.315 e. The number of fused-ring (bicyclic) bond motifs is 1. The zero-order valence-corrected chi connectivity index (χ0v) is 30.7. The normalized spacial score (nSPS) is 24.0. The Hall–Kier alpha value is -3.19. The molecule has 6 atom stereocenters. The molecule has 2 aliphatic carbocycles. The average Bonchev–Trinajstić information content (AvgIpc) is 3.25. The minimum Gasteiger partial charge on any atom is -0.381 e. The molecular weight excluding hydrogens is 634 g/mol. The molecule has 12 nitrogen and oxygen atoms in total. The molecule has 1 aromatic carbocycles. The van der Waals surface area contributed by atoms with Crippen LogP contribution in [0, 0.1) is 35.5 Å². The predicted octanol–water partition coefficient (Wildman–Crippen LogP) is 2.87. The van der Waals surface area contributed by atoms with Crippen molar-refractivity contribution < 1.29 is 32.7 Å². The van der Waals surface area contributed by atoms with Gasteiger partial charge in [0.05, 0.1) is 10.9 Å². The second-order valence-electron chi connectivity index (χ2n) is 16.7. The van der Waals surface area contributed by atoms with Gasteiger partial charge in [0, 0.05) is 12.1 Å². The van der Waals surface area contributed by atoms with Crippen LogP contribution in [0.5, 0.6) is 0 Å². The lowest BCUT2D eigenvalue weighted by Crippen LogP contribution is -2.62. The molecule has 4 unspecified atom stereocenters. The molecule has 5 N–H and O–H groups in total. The molecule has 0 bridgehead atoms. The van der Waals surface area contributed by atoms with Crippen molar-refractivity contribution in [2.45, 2.75) is 123 Å². The van der Waals surface area contributed by atoms with Crippen molar-refractivity contribution in [1.82, 2.24) is 26.2 Å². The summed E-state index contributed by atoms with van der Waals surface area (Å²) in [5.74, 6) is -2.33. The van der Waals surface area contributed by atoms with E-state index in [1.165, 1.54) is 12.1 Å². The minimum absolute atomic E-state index is 0.0498. The molecule has 0 aromatic heterocycles. The van der Waals surface area contributed by atoms with Crippen molar-refractivity contribution in [3.8, 4) is 0 Å². The van der Waals surface area contributed by atoms with Crippen LogP contribution < -0.4 is 21.3 Å². The first-order valence-electron chi connectivity index (χ1n) is 17.0. The lowest BCUT2D eigenvalue weighted by Gasteiger charge is -2.39. The van der Waals surface area contributed by atoms with Crippen molar-refractivity contribution >= 4 is 33.6 Å². The van der Waals surface area contributed by atoms with Crippen molar-refractivity contribution in [3.63, 3.8) is 0 Å². The van der Waals surface area contributed by atoms with Gasteiger partial charge >= 0.3 is 6.03 Å². The van der Waals surface area contributed by atoms with Gasteiger partial charge in [-0.25, -0.2) is 13.2 Å². The van der Waals surface area contributed by atoms with Crippen molar-refractivity contribution in [3.05, 3.63) is 29.8 Å². The van der Waals surface area contributed by atoms with E-state index >= 15 is 0 Å². The molecule has 2 saturated carbocycles. The Morgan fingerprint density at radius 3 is 2.12 bits per heavy atom. The first-order chi connectivity index (χ1) is 22.0.